The largest absolute Gasteiger partial charge is 0.450 e. The van der Waals surface area contributed by atoms with Crippen LogP contribution in [0.2, 0.25) is 25.7 Å². The van der Waals surface area contributed by atoms with Crippen LogP contribution in [0.5, 0.6) is 0 Å². The molecule has 9 nitrogen and oxygen atoms in total. The molecule has 194 valence electrons. The molecule has 3 amide bonds. The molecular weight excluding hydrogens is 466 g/mol. The molecule has 1 aromatic rings. The van der Waals surface area contributed by atoms with Crippen LogP contribution in [0.1, 0.15) is 32.8 Å². The Kier molecular flexibility index (Phi) is 10.2. The van der Waals surface area contributed by atoms with E-state index in [4.69, 9.17) is 14.2 Å². The van der Waals surface area contributed by atoms with E-state index in [1.165, 1.54) is 0 Å². The summed E-state index contributed by atoms with van der Waals surface area (Å²) in [6.07, 6.45) is 2.09. The first kappa shape index (κ1) is 28.2. The van der Waals surface area contributed by atoms with E-state index in [0.29, 0.717) is 13.0 Å². The van der Waals surface area contributed by atoms with E-state index in [2.05, 4.69) is 35.6 Å². The van der Waals surface area contributed by atoms with Crippen LogP contribution in [0.4, 0.5) is 14.4 Å². The molecule has 0 saturated heterocycles. The van der Waals surface area contributed by atoms with Gasteiger partial charge in [0.1, 0.15) is 12.2 Å². The minimum atomic E-state index is -1.35. The third-order valence-electron chi connectivity index (χ3n) is 5.08. The van der Waals surface area contributed by atoms with Gasteiger partial charge in [0.05, 0.1) is 24.7 Å². The van der Waals surface area contributed by atoms with Crippen molar-refractivity contribution in [2.24, 2.45) is 0 Å². The van der Waals surface area contributed by atoms with Gasteiger partial charge in [0.2, 0.25) is 0 Å². The molecule has 0 fully saturated rings. The quantitative estimate of drug-likeness (QED) is 0.271. The fraction of sp³-hybridized carbons (Fsp3) is 0.560. The smallest absolute Gasteiger partial charge is 0.408 e. The molecule has 2 rings (SSSR count). The SMILES string of the molecule is CC(C)(C)OC(=O)NC1C=CC(NC(=O)OCc2ccccc2)C(NC(=O)OCC[Si](C)(C)C)C1. The van der Waals surface area contributed by atoms with Crippen molar-refractivity contribution in [1.82, 2.24) is 16.0 Å². The highest BCUT2D eigenvalue weighted by atomic mass is 28.3. The molecule has 3 N–H and O–H groups in total. The average Bonchev–Trinajstić information content (AvgIpc) is 2.72. The van der Waals surface area contributed by atoms with Gasteiger partial charge in [-0.1, -0.05) is 62.1 Å². The number of alkyl carbamates (subject to hydrolysis) is 3. The van der Waals surface area contributed by atoms with Gasteiger partial charge in [-0.25, -0.2) is 14.4 Å². The van der Waals surface area contributed by atoms with Crippen LogP contribution in [0.25, 0.3) is 0 Å². The Bertz CT molecular complexity index is 879. The average molecular weight is 506 g/mol. The number of benzene rings is 1. The van der Waals surface area contributed by atoms with E-state index in [-0.39, 0.29) is 6.61 Å². The normalized spacial score (nSPS) is 19.9. The van der Waals surface area contributed by atoms with Crippen molar-refractivity contribution in [1.29, 1.82) is 0 Å². The molecule has 0 aromatic heterocycles. The first-order valence-electron chi connectivity index (χ1n) is 11.9. The van der Waals surface area contributed by atoms with Gasteiger partial charge in [0.15, 0.2) is 0 Å². The summed E-state index contributed by atoms with van der Waals surface area (Å²) in [5, 5.41) is 8.39. The van der Waals surface area contributed by atoms with Crippen molar-refractivity contribution in [3.05, 3.63) is 48.0 Å². The Hall–Kier alpha value is -3.01. The van der Waals surface area contributed by atoms with E-state index < -0.39 is 50.1 Å². The summed E-state index contributed by atoms with van der Waals surface area (Å²) in [5.41, 5.74) is 0.233. The van der Waals surface area contributed by atoms with Crippen molar-refractivity contribution >= 4 is 26.4 Å². The van der Waals surface area contributed by atoms with Crippen molar-refractivity contribution in [3.63, 3.8) is 0 Å². The van der Waals surface area contributed by atoms with E-state index in [1.54, 1.807) is 32.9 Å². The molecule has 35 heavy (non-hydrogen) atoms. The fourth-order valence-corrected chi connectivity index (χ4v) is 4.01. The minimum Gasteiger partial charge on any atom is -0.450 e. The van der Waals surface area contributed by atoms with Crippen LogP contribution in [0, 0.1) is 0 Å². The van der Waals surface area contributed by atoms with Crippen LogP contribution < -0.4 is 16.0 Å². The van der Waals surface area contributed by atoms with Crippen LogP contribution in [-0.4, -0.2) is 56.7 Å². The number of ether oxygens (including phenoxy) is 3. The van der Waals surface area contributed by atoms with E-state index >= 15 is 0 Å². The van der Waals surface area contributed by atoms with Gasteiger partial charge in [0.25, 0.3) is 0 Å². The zero-order chi connectivity index (χ0) is 26.1. The number of carbonyl (C=O) groups excluding carboxylic acids is 3. The van der Waals surface area contributed by atoms with E-state index in [1.807, 2.05) is 30.3 Å². The summed E-state index contributed by atoms with van der Waals surface area (Å²) in [4.78, 5) is 37.1. The molecule has 1 aromatic carbocycles. The molecule has 1 aliphatic rings. The van der Waals surface area contributed by atoms with Crippen molar-refractivity contribution in [2.75, 3.05) is 6.61 Å². The zero-order valence-electron chi connectivity index (χ0n) is 21.6. The second kappa shape index (κ2) is 12.6. The van der Waals surface area contributed by atoms with Crippen LogP contribution in [-0.2, 0) is 20.8 Å². The van der Waals surface area contributed by atoms with Gasteiger partial charge in [-0.15, -0.1) is 0 Å². The Morgan fingerprint density at radius 2 is 1.57 bits per heavy atom. The predicted octanol–water partition coefficient (Wildman–Crippen LogP) is 4.57. The van der Waals surface area contributed by atoms with E-state index in [9.17, 15) is 14.4 Å². The molecule has 3 unspecified atom stereocenters. The number of hydrogen-bond donors (Lipinski definition) is 3. The van der Waals surface area contributed by atoms with Crippen LogP contribution in [0.15, 0.2) is 42.5 Å². The second-order valence-corrected chi connectivity index (χ2v) is 16.4. The molecule has 1 aliphatic carbocycles. The predicted molar refractivity (Wildman–Crippen MR) is 137 cm³/mol. The maximum Gasteiger partial charge on any atom is 0.408 e. The van der Waals surface area contributed by atoms with Gasteiger partial charge < -0.3 is 30.2 Å². The van der Waals surface area contributed by atoms with Gasteiger partial charge in [-0.05, 0) is 38.8 Å². The summed E-state index contributed by atoms with van der Waals surface area (Å²) < 4.78 is 16.0. The molecule has 0 heterocycles. The van der Waals surface area contributed by atoms with E-state index in [0.717, 1.165) is 11.6 Å². The standard InChI is InChI=1S/C25H39N3O6Si/c1-25(2,3)34-24(31)26-19-12-13-20(27-23(30)33-17-18-10-8-7-9-11-18)21(16-19)28-22(29)32-14-15-35(4,5)6/h7-13,19-21H,14-17H2,1-6H3,(H,26,31)(H,27,30)(H,28,29). The number of hydrogen-bond acceptors (Lipinski definition) is 6. The number of nitrogens with one attached hydrogen (secondary N) is 3. The van der Waals surface area contributed by atoms with Gasteiger partial charge >= 0.3 is 18.3 Å². The summed E-state index contributed by atoms with van der Waals surface area (Å²) in [6.45, 7) is 12.4. The highest BCUT2D eigenvalue weighted by Gasteiger charge is 2.31. The fourth-order valence-electron chi connectivity index (χ4n) is 3.29. The Balaban J connectivity index is 1.99. The minimum absolute atomic E-state index is 0.128. The summed E-state index contributed by atoms with van der Waals surface area (Å²) in [7, 11) is -1.35. The maximum absolute atomic E-state index is 12.5. The molecule has 0 bridgehead atoms. The lowest BCUT2D eigenvalue weighted by Crippen LogP contribution is -2.56. The van der Waals surface area contributed by atoms with Gasteiger partial charge in [-0.3, -0.25) is 0 Å². The number of amides is 3. The molecule has 0 saturated carbocycles. The summed E-state index contributed by atoms with van der Waals surface area (Å²) in [5.74, 6) is 0. The lowest BCUT2D eigenvalue weighted by molar-refractivity contribution is 0.0507. The monoisotopic (exact) mass is 505 g/mol. The Morgan fingerprint density at radius 1 is 0.914 bits per heavy atom. The molecular formula is C25H39N3O6Si. The summed E-state index contributed by atoms with van der Waals surface area (Å²) >= 11 is 0. The topological polar surface area (TPSA) is 115 Å². The molecule has 10 heteroatoms. The first-order valence-corrected chi connectivity index (χ1v) is 15.6. The van der Waals surface area contributed by atoms with Gasteiger partial charge in [-0.2, -0.15) is 0 Å². The van der Waals surface area contributed by atoms with Crippen molar-refractivity contribution < 1.29 is 28.6 Å². The second-order valence-electron chi connectivity index (χ2n) is 10.8. The van der Waals surface area contributed by atoms with Crippen molar-refractivity contribution in [3.8, 4) is 0 Å². The maximum atomic E-state index is 12.5. The zero-order valence-corrected chi connectivity index (χ0v) is 22.6. The lowest BCUT2D eigenvalue weighted by atomic mass is 9.93. The number of rotatable bonds is 8. The van der Waals surface area contributed by atoms with Crippen molar-refractivity contribution in [2.45, 2.75) is 83.2 Å². The Morgan fingerprint density at radius 3 is 2.20 bits per heavy atom. The highest BCUT2D eigenvalue weighted by molar-refractivity contribution is 6.76. The summed E-state index contributed by atoms with van der Waals surface area (Å²) in [6, 6.07) is 8.73. The highest BCUT2D eigenvalue weighted by Crippen LogP contribution is 2.16. The molecule has 3 atom stereocenters. The third-order valence-corrected chi connectivity index (χ3v) is 6.78. The van der Waals surface area contributed by atoms with Crippen LogP contribution in [0.3, 0.4) is 0 Å². The third kappa shape index (κ3) is 11.8. The Labute approximate surface area is 209 Å². The van der Waals surface area contributed by atoms with Gasteiger partial charge in [0, 0.05) is 8.07 Å². The molecule has 0 aliphatic heterocycles. The van der Waals surface area contributed by atoms with Crippen LogP contribution >= 0.6 is 0 Å². The number of carbonyl (C=O) groups is 3. The lowest BCUT2D eigenvalue weighted by Gasteiger charge is -2.33. The first-order chi connectivity index (χ1) is 16.3. The molecule has 0 radical (unpaired) electrons. The molecule has 0 spiro atoms.